The Morgan fingerprint density at radius 1 is 1.04 bits per heavy atom. The van der Waals surface area contributed by atoms with Gasteiger partial charge in [-0.1, -0.05) is 0 Å². The molecule has 0 bridgehead atoms. The maximum atomic E-state index is 13.3. The third-order valence-corrected chi connectivity index (χ3v) is 5.30. The second-order valence-electron chi connectivity index (χ2n) is 5.97. The third kappa shape index (κ3) is 4.37. The molecule has 0 spiro atoms. The monoisotopic (exact) mass is 406 g/mol. The van der Waals surface area contributed by atoms with Gasteiger partial charge in [0.1, 0.15) is 5.76 Å². The summed E-state index contributed by atoms with van der Waals surface area (Å²) in [5.41, 5.74) is 0.481. The van der Waals surface area contributed by atoms with E-state index in [-0.39, 0.29) is 17.6 Å². The van der Waals surface area contributed by atoms with E-state index >= 15 is 0 Å². The average Bonchev–Trinajstić information content (AvgIpc) is 3.19. The molecule has 146 valence electrons. The van der Waals surface area contributed by atoms with Gasteiger partial charge in [-0.2, -0.15) is 0 Å². The molecule has 1 aromatic heterocycles. The van der Waals surface area contributed by atoms with Gasteiger partial charge in [0.05, 0.1) is 17.2 Å². The molecule has 2 N–H and O–H groups in total. The van der Waals surface area contributed by atoms with Crippen molar-refractivity contribution in [3.63, 3.8) is 0 Å². The van der Waals surface area contributed by atoms with Gasteiger partial charge in [-0.15, -0.1) is 0 Å². The van der Waals surface area contributed by atoms with Crippen molar-refractivity contribution in [2.24, 2.45) is 0 Å². The van der Waals surface area contributed by atoms with Crippen LogP contribution in [0, 0.1) is 11.6 Å². The highest BCUT2D eigenvalue weighted by molar-refractivity contribution is 7.92. The fraction of sp³-hybridized carbons (Fsp3) is 0.105. The van der Waals surface area contributed by atoms with Gasteiger partial charge in [0.25, 0.3) is 15.9 Å². The molecule has 0 aliphatic rings. The van der Waals surface area contributed by atoms with Crippen LogP contribution in [0.2, 0.25) is 0 Å². The predicted molar refractivity (Wildman–Crippen MR) is 98.2 cm³/mol. The quantitative estimate of drug-likeness (QED) is 0.651. The second-order valence-corrected chi connectivity index (χ2v) is 7.65. The summed E-state index contributed by atoms with van der Waals surface area (Å²) in [6.07, 6.45) is 1.51. The van der Waals surface area contributed by atoms with Gasteiger partial charge in [0.15, 0.2) is 11.6 Å². The van der Waals surface area contributed by atoms with E-state index in [9.17, 15) is 22.0 Å². The Balaban J connectivity index is 1.70. The molecule has 1 amide bonds. The Bertz CT molecular complexity index is 1080. The molecular formula is C19H16F2N2O4S. The molecule has 0 saturated heterocycles. The normalized spacial score (nSPS) is 12.4. The van der Waals surface area contributed by atoms with Crippen LogP contribution in [-0.4, -0.2) is 14.3 Å². The van der Waals surface area contributed by atoms with Crippen LogP contribution in [-0.2, 0) is 10.0 Å². The van der Waals surface area contributed by atoms with E-state index in [2.05, 4.69) is 10.0 Å². The molecule has 6 nitrogen and oxygen atoms in total. The predicted octanol–water partition coefficient (Wildman–Crippen LogP) is 3.85. The van der Waals surface area contributed by atoms with Crippen LogP contribution in [0.4, 0.5) is 14.5 Å². The smallest absolute Gasteiger partial charge is 0.261 e. The molecule has 1 atom stereocenters. The molecule has 1 heterocycles. The number of carbonyl (C=O) groups excluding carboxylic acids is 1. The lowest BCUT2D eigenvalue weighted by atomic mass is 10.1. The van der Waals surface area contributed by atoms with Crippen molar-refractivity contribution in [1.29, 1.82) is 0 Å². The Hall–Kier alpha value is -3.20. The molecule has 0 aliphatic carbocycles. The molecule has 3 rings (SSSR count). The fourth-order valence-corrected chi connectivity index (χ4v) is 3.51. The lowest BCUT2D eigenvalue weighted by molar-refractivity contribution is 0.0935. The van der Waals surface area contributed by atoms with Crippen molar-refractivity contribution < 1.29 is 26.4 Å². The van der Waals surface area contributed by atoms with Gasteiger partial charge >= 0.3 is 0 Å². The van der Waals surface area contributed by atoms with Crippen LogP contribution in [0.5, 0.6) is 0 Å². The zero-order valence-electron chi connectivity index (χ0n) is 14.6. The first-order valence-corrected chi connectivity index (χ1v) is 9.67. The number of carbonyl (C=O) groups is 1. The molecule has 0 fully saturated rings. The highest BCUT2D eigenvalue weighted by atomic mass is 32.2. The maximum Gasteiger partial charge on any atom is 0.261 e. The first-order chi connectivity index (χ1) is 13.3. The summed E-state index contributed by atoms with van der Waals surface area (Å²) >= 11 is 0. The van der Waals surface area contributed by atoms with Crippen molar-refractivity contribution in [1.82, 2.24) is 5.32 Å². The van der Waals surface area contributed by atoms with Crippen molar-refractivity contribution in [2.75, 3.05) is 4.72 Å². The van der Waals surface area contributed by atoms with Crippen LogP contribution < -0.4 is 10.0 Å². The molecule has 2 aromatic carbocycles. The number of sulfonamides is 1. The minimum absolute atomic E-state index is 0.167. The number of amides is 1. The highest BCUT2D eigenvalue weighted by Crippen LogP contribution is 2.19. The minimum atomic E-state index is -4.10. The number of halogens is 2. The van der Waals surface area contributed by atoms with Gasteiger partial charge in [-0.05, 0) is 61.5 Å². The molecule has 0 radical (unpaired) electrons. The molecule has 0 unspecified atom stereocenters. The molecule has 9 heteroatoms. The highest BCUT2D eigenvalue weighted by Gasteiger charge is 2.17. The number of anilines is 1. The average molecular weight is 406 g/mol. The number of hydrogen-bond acceptors (Lipinski definition) is 4. The number of nitrogens with one attached hydrogen (secondary N) is 2. The van der Waals surface area contributed by atoms with Gasteiger partial charge < -0.3 is 9.73 Å². The van der Waals surface area contributed by atoms with Crippen molar-refractivity contribution in [3.05, 3.63) is 83.8 Å². The number of benzene rings is 2. The summed E-state index contributed by atoms with van der Waals surface area (Å²) in [7, 11) is -4.10. The number of hydrogen-bond donors (Lipinski definition) is 2. The summed E-state index contributed by atoms with van der Waals surface area (Å²) < 4.78 is 58.3. The van der Waals surface area contributed by atoms with E-state index in [0.717, 1.165) is 12.1 Å². The van der Waals surface area contributed by atoms with Crippen molar-refractivity contribution in [3.8, 4) is 0 Å². The summed E-state index contributed by atoms with van der Waals surface area (Å²) in [6.45, 7) is 1.76. The lowest BCUT2D eigenvalue weighted by Gasteiger charge is -2.12. The van der Waals surface area contributed by atoms with E-state index in [1.54, 1.807) is 19.1 Å². The first-order valence-electron chi connectivity index (χ1n) is 8.18. The largest absolute Gasteiger partial charge is 0.467 e. The first kappa shape index (κ1) is 19.6. The fourth-order valence-electron chi connectivity index (χ4n) is 2.44. The molecule has 28 heavy (non-hydrogen) atoms. The van der Waals surface area contributed by atoms with Crippen LogP contribution in [0.1, 0.15) is 29.1 Å². The zero-order valence-corrected chi connectivity index (χ0v) is 15.5. The van der Waals surface area contributed by atoms with Crippen LogP contribution in [0.25, 0.3) is 0 Å². The van der Waals surface area contributed by atoms with E-state index in [1.807, 2.05) is 0 Å². The summed E-state index contributed by atoms with van der Waals surface area (Å²) in [5, 5.41) is 2.76. The Morgan fingerprint density at radius 2 is 1.75 bits per heavy atom. The molecule has 0 saturated carbocycles. The van der Waals surface area contributed by atoms with Crippen LogP contribution in [0.3, 0.4) is 0 Å². The lowest BCUT2D eigenvalue weighted by Crippen LogP contribution is -2.26. The van der Waals surface area contributed by atoms with E-state index in [0.29, 0.717) is 17.4 Å². The van der Waals surface area contributed by atoms with E-state index < -0.39 is 26.6 Å². The molecule has 3 aromatic rings. The van der Waals surface area contributed by atoms with Gasteiger partial charge in [-0.3, -0.25) is 9.52 Å². The minimum Gasteiger partial charge on any atom is -0.467 e. The summed E-state index contributed by atoms with van der Waals surface area (Å²) in [6, 6.07) is 11.1. The van der Waals surface area contributed by atoms with Crippen molar-refractivity contribution >= 4 is 21.6 Å². The van der Waals surface area contributed by atoms with Gasteiger partial charge in [0.2, 0.25) is 0 Å². The summed E-state index contributed by atoms with van der Waals surface area (Å²) in [5.74, 6) is -2.16. The summed E-state index contributed by atoms with van der Waals surface area (Å²) in [4.78, 5) is 11.9. The molecular weight excluding hydrogens is 390 g/mol. The SMILES string of the molecule is C[C@@H](NC(=O)c1ccc(NS(=O)(=O)c2ccc(F)c(F)c2)cc1)c1ccco1. The standard InChI is InChI=1S/C19H16F2N2O4S/c1-12(18-3-2-10-27-18)22-19(24)13-4-6-14(7-5-13)23-28(25,26)15-8-9-16(20)17(21)11-15/h2-12,23H,1H3,(H,22,24)/t12-/m1/s1. The molecule has 0 aliphatic heterocycles. The Kier molecular flexibility index (Phi) is 5.46. The third-order valence-electron chi connectivity index (χ3n) is 3.92. The van der Waals surface area contributed by atoms with Crippen LogP contribution >= 0.6 is 0 Å². The second kappa shape index (κ2) is 7.81. The Morgan fingerprint density at radius 3 is 2.36 bits per heavy atom. The Labute approximate surface area is 160 Å². The maximum absolute atomic E-state index is 13.3. The van der Waals surface area contributed by atoms with Gasteiger partial charge in [0, 0.05) is 11.3 Å². The zero-order chi connectivity index (χ0) is 20.3. The number of rotatable bonds is 6. The number of furan rings is 1. The van der Waals surface area contributed by atoms with E-state index in [1.165, 1.54) is 30.5 Å². The topological polar surface area (TPSA) is 88.4 Å². The van der Waals surface area contributed by atoms with E-state index in [4.69, 9.17) is 4.42 Å². The van der Waals surface area contributed by atoms with Gasteiger partial charge in [-0.25, -0.2) is 17.2 Å². The van der Waals surface area contributed by atoms with Crippen LogP contribution in [0.15, 0.2) is 70.2 Å². The van der Waals surface area contributed by atoms with Crippen molar-refractivity contribution in [2.45, 2.75) is 17.9 Å².